The molecule has 0 unspecified atom stereocenters. The lowest BCUT2D eigenvalue weighted by molar-refractivity contribution is -0.0564. The molecule has 1 atom stereocenters. The first-order chi connectivity index (χ1) is 8.89. The number of piperidine rings is 1. The largest absolute Gasteiger partial charge is 0.322 e. The molecule has 0 aromatic carbocycles. The molecule has 0 aliphatic carbocycles. The molecule has 19 heavy (non-hydrogen) atoms. The van der Waals surface area contributed by atoms with E-state index in [2.05, 4.69) is 17.5 Å². The first-order valence-corrected chi connectivity index (χ1v) is 7.24. The molecule has 110 valence electrons. The summed E-state index contributed by atoms with van der Waals surface area (Å²) in [6.07, 6.45) is 0.272. The van der Waals surface area contributed by atoms with Crippen LogP contribution < -0.4 is 0 Å². The van der Waals surface area contributed by atoms with Crippen molar-refractivity contribution >= 4 is 18.7 Å². The number of carbonyl (C=O) groups is 1. The maximum Gasteiger partial charge on any atom is 0.320 e. The predicted molar refractivity (Wildman–Crippen MR) is 72.7 cm³/mol. The van der Waals surface area contributed by atoms with Crippen LogP contribution >= 0.6 is 12.6 Å². The van der Waals surface area contributed by atoms with Crippen LogP contribution in [0.15, 0.2) is 0 Å². The number of likely N-dealkylation sites (tertiary alicyclic amines) is 1. The molecule has 0 N–H and O–H groups in total. The lowest BCUT2D eigenvalue weighted by Gasteiger charge is -2.40. The Morgan fingerprint density at radius 2 is 1.79 bits per heavy atom. The number of hydrogen-bond donors (Lipinski definition) is 1. The van der Waals surface area contributed by atoms with Gasteiger partial charge in [0.05, 0.1) is 11.9 Å². The summed E-state index contributed by atoms with van der Waals surface area (Å²) in [7, 11) is 0. The van der Waals surface area contributed by atoms with Crippen molar-refractivity contribution in [2.45, 2.75) is 31.1 Å². The standard InChI is InChI=1S/C12H21F2N3OS/c1-10(19)15-5-7-16(8-6-15)11(18)17-4-2-3-12(13,14)9-17/h10,19H,2-9H2,1H3/t10-/m0/s1. The summed E-state index contributed by atoms with van der Waals surface area (Å²) < 4.78 is 26.6. The van der Waals surface area contributed by atoms with Gasteiger partial charge < -0.3 is 9.80 Å². The molecule has 0 spiro atoms. The molecule has 7 heteroatoms. The van der Waals surface area contributed by atoms with Gasteiger partial charge in [-0.15, -0.1) is 0 Å². The van der Waals surface area contributed by atoms with Crippen LogP contribution in [-0.2, 0) is 0 Å². The molecule has 2 amide bonds. The molecule has 2 saturated heterocycles. The Morgan fingerprint density at radius 3 is 2.32 bits per heavy atom. The summed E-state index contributed by atoms with van der Waals surface area (Å²) in [5.41, 5.74) is 0. The second kappa shape index (κ2) is 5.83. The maximum atomic E-state index is 13.3. The fraction of sp³-hybridized carbons (Fsp3) is 0.917. The van der Waals surface area contributed by atoms with Crippen LogP contribution in [0.25, 0.3) is 0 Å². The zero-order chi connectivity index (χ0) is 14.0. The third-order valence-electron chi connectivity index (χ3n) is 3.78. The van der Waals surface area contributed by atoms with E-state index in [0.29, 0.717) is 26.1 Å². The SMILES string of the molecule is C[C@H](S)N1CCN(C(=O)N2CCCC(F)(F)C2)CC1. The number of amides is 2. The summed E-state index contributed by atoms with van der Waals surface area (Å²) >= 11 is 4.36. The van der Waals surface area contributed by atoms with Crippen LogP contribution in [-0.4, -0.2) is 71.3 Å². The van der Waals surface area contributed by atoms with Gasteiger partial charge in [-0.1, -0.05) is 0 Å². The monoisotopic (exact) mass is 293 g/mol. The Labute approximate surface area is 118 Å². The molecule has 2 rings (SSSR count). The minimum atomic E-state index is -2.73. The Kier molecular flexibility index (Phi) is 4.55. The van der Waals surface area contributed by atoms with Gasteiger partial charge in [-0.3, -0.25) is 4.90 Å². The number of rotatable bonds is 1. The van der Waals surface area contributed by atoms with Crippen molar-refractivity contribution in [1.29, 1.82) is 0 Å². The van der Waals surface area contributed by atoms with Gasteiger partial charge in [0.25, 0.3) is 5.92 Å². The van der Waals surface area contributed by atoms with Gasteiger partial charge in [-0.05, 0) is 13.3 Å². The summed E-state index contributed by atoms with van der Waals surface area (Å²) in [5.74, 6) is -2.73. The van der Waals surface area contributed by atoms with Crippen LogP contribution in [0.2, 0.25) is 0 Å². The van der Waals surface area contributed by atoms with Crippen LogP contribution in [0, 0.1) is 0 Å². The molecule has 2 aliphatic heterocycles. The van der Waals surface area contributed by atoms with Gasteiger partial charge in [-0.2, -0.15) is 12.6 Å². The van der Waals surface area contributed by atoms with Crippen LogP contribution in [0.4, 0.5) is 13.6 Å². The highest BCUT2D eigenvalue weighted by Crippen LogP contribution is 2.27. The predicted octanol–water partition coefficient (Wildman–Crippen LogP) is 1.73. The lowest BCUT2D eigenvalue weighted by atomic mass is 10.1. The fourth-order valence-corrected chi connectivity index (χ4v) is 2.85. The number of nitrogens with zero attached hydrogens (tertiary/aromatic N) is 3. The first kappa shape index (κ1) is 14.8. The average molecular weight is 293 g/mol. The Hall–Kier alpha value is -0.560. The number of alkyl halides is 2. The number of hydrogen-bond acceptors (Lipinski definition) is 3. The van der Waals surface area contributed by atoms with E-state index in [1.807, 2.05) is 6.92 Å². The van der Waals surface area contributed by atoms with Gasteiger partial charge in [0.15, 0.2) is 0 Å². The van der Waals surface area contributed by atoms with Gasteiger partial charge in [0.1, 0.15) is 0 Å². The molecule has 0 bridgehead atoms. The molecule has 2 fully saturated rings. The highest BCUT2D eigenvalue weighted by Gasteiger charge is 2.38. The van der Waals surface area contributed by atoms with Gasteiger partial charge in [-0.25, -0.2) is 13.6 Å². The van der Waals surface area contributed by atoms with Crippen molar-refractivity contribution in [3.8, 4) is 0 Å². The summed E-state index contributed by atoms with van der Waals surface area (Å²) in [5, 5.41) is 0.163. The number of urea groups is 1. The summed E-state index contributed by atoms with van der Waals surface area (Å²) in [6.45, 7) is 4.68. The van der Waals surface area contributed by atoms with Crippen molar-refractivity contribution < 1.29 is 13.6 Å². The number of carbonyl (C=O) groups excluding carboxylic acids is 1. The zero-order valence-corrected chi connectivity index (χ0v) is 12.1. The molecule has 2 heterocycles. The molecule has 2 aliphatic rings. The Morgan fingerprint density at radius 1 is 1.16 bits per heavy atom. The van der Waals surface area contributed by atoms with E-state index in [9.17, 15) is 13.6 Å². The maximum absolute atomic E-state index is 13.3. The fourth-order valence-electron chi connectivity index (χ4n) is 2.62. The van der Waals surface area contributed by atoms with Crippen LogP contribution in [0.1, 0.15) is 19.8 Å². The summed E-state index contributed by atoms with van der Waals surface area (Å²) in [4.78, 5) is 17.3. The highest BCUT2D eigenvalue weighted by atomic mass is 32.1. The Bertz CT molecular complexity index is 333. The molecule has 4 nitrogen and oxygen atoms in total. The van der Waals surface area contributed by atoms with E-state index in [4.69, 9.17) is 0 Å². The van der Waals surface area contributed by atoms with E-state index in [0.717, 1.165) is 13.1 Å². The minimum Gasteiger partial charge on any atom is -0.322 e. The van der Waals surface area contributed by atoms with Crippen molar-refractivity contribution in [1.82, 2.24) is 14.7 Å². The number of thiol groups is 1. The minimum absolute atomic E-state index is 0.109. The van der Waals surface area contributed by atoms with Crippen LogP contribution in [0.5, 0.6) is 0 Å². The van der Waals surface area contributed by atoms with E-state index in [-0.39, 0.29) is 17.8 Å². The smallest absolute Gasteiger partial charge is 0.320 e. The van der Waals surface area contributed by atoms with Crippen molar-refractivity contribution in [3.63, 3.8) is 0 Å². The molecular weight excluding hydrogens is 272 g/mol. The van der Waals surface area contributed by atoms with E-state index < -0.39 is 12.5 Å². The van der Waals surface area contributed by atoms with Gasteiger partial charge >= 0.3 is 6.03 Å². The average Bonchev–Trinajstić information content (AvgIpc) is 2.37. The van der Waals surface area contributed by atoms with Crippen molar-refractivity contribution in [2.24, 2.45) is 0 Å². The zero-order valence-electron chi connectivity index (χ0n) is 11.2. The van der Waals surface area contributed by atoms with E-state index in [1.165, 1.54) is 4.90 Å². The number of piperazine rings is 1. The van der Waals surface area contributed by atoms with E-state index in [1.54, 1.807) is 4.90 Å². The van der Waals surface area contributed by atoms with E-state index >= 15 is 0 Å². The molecule has 0 saturated carbocycles. The third kappa shape index (κ3) is 3.72. The van der Waals surface area contributed by atoms with Crippen molar-refractivity contribution in [2.75, 3.05) is 39.3 Å². The third-order valence-corrected chi connectivity index (χ3v) is 4.10. The van der Waals surface area contributed by atoms with Crippen LogP contribution in [0.3, 0.4) is 0 Å². The van der Waals surface area contributed by atoms with Gasteiger partial charge in [0, 0.05) is 39.1 Å². The topological polar surface area (TPSA) is 26.8 Å². The second-order valence-electron chi connectivity index (χ2n) is 5.32. The molecule has 0 aromatic rings. The van der Waals surface area contributed by atoms with Crippen molar-refractivity contribution in [3.05, 3.63) is 0 Å². The molecule has 0 radical (unpaired) electrons. The Balaban J connectivity index is 1.87. The highest BCUT2D eigenvalue weighted by molar-refractivity contribution is 7.80. The molecular formula is C12H21F2N3OS. The second-order valence-corrected chi connectivity index (χ2v) is 6.07. The lowest BCUT2D eigenvalue weighted by Crippen LogP contribution is -2.56. The van der Waals surface area contributed by atoms with Gasteiger partial charge in [0.2, 0.25) is 0 Å². The molecule has 0 aromatic heterocycles. The summed E-state index contributed by atoms with van der Waals surface area (Å²) in [6, 6.07) is -0.245. The first-order valence-electron chi connectivity index (χ1n) is 6.73. The number of halogens is 2. The quantitative estimate of drug-likeness (QED) is 0.745. The normalized spacial score (nSPS) is 26.3.